The molecule has 0 aromatic heterocycles. The van der Waals surface area contributed by atoms with Crippen molar-refractivity contribution in [2.45, 2.75) is 19.8 Å². The Morgan fingerprint density at radius 1 is 1.50 bits per heavy atom. The van der Waals surface area contributed by atoms with Gasteiger partial charge in [-0.2, -0.15) is 0 Å². The smallest absolute Gasteiger partial charge is 0.216 e. The number of amides is 1. The Balaban J connectivity index is 2.45. The summed E-state index contributed by atoms with van der Waals surface area (Å²) in [6, 6.07) is 4.81. The van der Waals surface area contributed by atoms with Gasteiger partial charge in [0.25, 0.3) is 0 Å². The van der Waals surface area contributed by atoms with Crippen LogP contribution in [0.25, 0.3) is 0 Å². The van der Waals surface area contributed by atoms with E-state index in [9.17, 15) is 9.18 Å². The zero-order valence-corrected chi connectivity index (χ0v) is 9.55. The van der Waals surface area contributed by atoms with Gasteiger partial charge in [0.2, 0.25) is 5.91 Å². The molecule has 3 nitrogen and oxygen atoms in total. The molecule has 1 rings (SSSR count). The molecule has 16 heavy (non-hydrogen) atoms. The lowest BCUT2D eigenvalue weighted by atomic mass is 10.1. The van der Waals surface area contributed by atoms with Crippen molar-refractivity contribution in [2.24, 2.45) is 0 Å². The van der Waals surface area contributed by atoms with E-state index in [0.717, 1.165) is 18.4 Å². The van der Waals surface area contributed by atoms with Gasteiger partial charge in [0, 0.05) is 13.5 Å². The van der Waals surface area contributed by atoms with Crippen LogP contribution in [-0.4, -0.2) is 19.6 Å². The van der Waals surface area contributed by atoms with E-state index in [1.165, 1.54) is 20.1 Å². The molecule has 1 amide bonds. The number of carbonyl (C=O) groups is 1. The molecule has 0 aliphatic heterocycles. The van der Waals surface area contributed by atoms with Crippen LogP contribution in [0.15, 0.2) is 18.2 Å². The highest BCUT2D eigenvalue weighted by Crippen LogP contribution is 2.18. The van der Waals surface area contributed by atoms with Crippen LogP contribution < -0.4 is 10.1 Å². The molecule has 0 heterocycles. The first kappa shape index (κ1) is 12.5. The third-order valence-corrected chi connectivity index (χ3v) is 2.23. The lowest BCUT2D eigenvalue weighted by Crippen LogP contribution is -2.21. The zero-order chi connectivity index (χ0) is 12.0. The van der Waals surface area contributed by atoms with Crippen LogP contribution in [0, 0.1) is 5.82 Å². The van der Waals surface area contributed by atoms with E-state index in [2.05, 4.69) is 5.32 Å². The van der Waals surface area contributed by atoms with Crippen molar-refractivity contribution in [3.8, 4) is 5.75 Å². The summed E-state index contributed by atoms with van der Waals surface area (Å²) in [5, 5.41) is 2.71. The van der Waals surface area contributed by atoms with E-state index in [1.807, 2.05) is 0 Å². The Morgan fingerprint density at radius 2 is 2.25 bits per heavy atom. The Kier molecular flexibility index (Phi) is 4.76. The second-order valence-corrected chi connectivity index (χ2v) is 3.56. The number of halogens is 1. The predicted octanol–water partition coefficient (Wildman–Crippen LogP) is 1.90. The van der Waals surface area contributed by atoms with Crippen molar-refractivity contribution < 1.29 is 13.9 Å². The summed E-state index contributed by atoms with van der Waals surface area (Å²) in [5.74, 6) is -0.123. The van der Waals surface area contributed by atoms with Crippen LogP contribution in [0.3, 0.4) is 0 Å². The fourth-order valence-electron chi connectivity index (χ4n) is 1.42. The highest BCUT2D eigenvalue weighted by Gasteiger charge is 2.03. The van der Waals surface area contributed by atoms with Gasteiger partial charge in [-0.1, -0.05) is 6.07 Å². The molecule has 1 aromatic rings. The number of benzene rings is 1. The molecule has 0 spiro atoms. The highest BCUT2D eigenvalue weighted by molar-refractivity contribution is 5.72. The maximum atomic E-state index is 13.1. The quantitative estimate of drug-likeness (QED) is 0.777. The summed E-state index contributed by atoms with van der Waals surface area (Å²) < 4.78 is 18.0. The number of ether oxygens (including phenoxy) is 1. The van der Waals surface area contributed by atoms with Gasteiger partial charge in [-0.25, -0.2) is 4.39 Å². The molecule has 0 unspecified atom stereocenters. The molecule has 1 N–H and O–H groups in total. The highest BCUT2D eigenvalue weighted by atomic mass is 19.1. The number of rotatable bonds is 5. The number of carbonyl (C=O) groups excluding carboxylic acids is 1. The maximum absolute atomic E-state index is 13.1. The summed E-state index contributed by atoms with van der Waals surface area (Å²) in [4.78, 5) is 10.6. The summed E-state index contributed by atoms with van der Waals surface area (Å²) in [5.41, 5.74) is 1.00. The van der Waals surface area contributed by atoms with Crippen molar-refractivity contribution in [2.75, 3.05) is 13.7 Å². The molecule has 4 heteroatoms. The van der Waals surface area contributed by atoms with Gasteiger partial charge in [0.1, 0.15) is 0 Å². The lowest BCUT2D eigenvalue weighted by molar-refractivity contribution is -0.118. The van der Waals surface area contributed by atoms with E-state index in [1.54, 1.807) is 12.1 Å². The second kappa shape index (κ2) is 6.10. The topological polar surface area (TPSA) is 38.3 Å². The molecule has 0 bridgehead atoms. The molecule has 0 saturated carbocycles. The van der Waals surface area contributed by atoms with Gasteiger partial charge >= 0.3 is 0 Å². The number of methoxy groups -OCH3 is 1. The van der Waals surface area contributed by atoms with E-state index < -0.39 is 0 Å². The number of aryl methyl sites for hydroxylation is 1. The standard InChI is InChI=1S/C12H16FNO2/c1-9(15)14-7-3-4-10-5-6-11(13)12(8-10)16-2/h5-6,8H,3-4,7H2,1-2H3,(H,14,15). The summed E-state index contributed by atoms with van der Waals surface area (Å²) in [6.45, 7) is 2.12. The predicted molar refractivity (Wildman–Crippen MR) is 60.0 cm³/mol. The average Bonchev–Trinajstić information content (AvgIpc) is 2.26. The molecule has 0 aliphatic carbocycles. The Morgan fingerprint density at radius 3 is 2.88 bits per heavy atom. The monoisotopic (exact) mass is 225 g/mol. The van der Waals surface area contributed by atoms with Gasteiger partial charge in [0.05, 0.1) is 7.11 Å². The number of hydrogen-bond acceptors (Lipinski definition) is 2. The molecule has 88 valence electrons. The summed E-state index contributed by atoms with van der Waals surface area (Å²) in [6.07, 6.45) is 1.62. The molecule has 1 aromatic carbocycles. The second-order valence-electron chi connectivity index (χ2n) is 3.56. The third-order valence-electron chi connectivity index (χ3n) is 2.23. The number of nitrogens with one attached hydrogen (secondary N) is 1. The van der Waals surface area contributed by atoms with Gasteiger partial charge < -0.3 is 10.1 Å². The Bertz CT molecular complexity index is 366. The van der Waals surface area contributed by atoms with E-state index in [4.69, 9.17) is 4.74 Å². The Labute approximate surface area is 94.6 Å². The zero-order valence-electron chi connectivity index (χ0n) is 9.55. The van der Waals surface area contributed by atoms with Crippen LogP contribution in [-0.2, 0) is 11.2 Å². The van der Waals surface area contributed by atoms with Gasteiger partial charge in [0.15, 0.2) is 11.6 Å². The molecule has 0 atom stereocenters. The third kappa shape index (κ3) is 3.88. The van der Waals surface area contributed by atoms with Crippen LogP contribution in [0.4, 0.5) is 4.39 Å². The summed E-state index contributed by atoms with van der Waals surface area (Å²) in [7, 11) is 1.44. The van der Waals surface area contributed by atoms with Gasteiger partial charge in [-0.3, -0.25) is 4.79 Å². The molecule has 0 saturated heterocycles. The van der Waals surface area contributed by atoms with Crippen LogP contribution in [0.5, 0.6) is 5.75 Å². The van der Waals surface area contributed by atoms with Crippen molar-refractivity contribution in [3.63, 3.8) is 0 Å². The largest absolute Gasteiger partial charge is 0.494 e. The SMILES string of the molecule is COc1cc(CCCNC(C)=O)ccc1F. The fourth-order valence-corrected chi connectivity index (χ4v) is 1.42. The van der Waals surface area contributed by atoms with Crippen LogP contribution in [0.2, 0.25) is 0 Å². The first-order valence-corrected chi connectivity index (χ1v) is 5.20. The van der Waals surface area contributed by atoms with Gasteiger partial charge in [-0.15, -0.1) is 0 Å². The van der Waals surface area contributed by atoms with Crippen molar-refractivity contribution in [1.29, 1.82) is 0 Å². The lowest BCUT2D eigenvalue weighted by Gasteiger charge is -2.06. The molecular weight excluding hydrogens is 209 g/mol. The van der Waals surface area contributed by atoms with Crippen LogP contribution in [0.1, 0.15) is 18.9 Å². The van der Waals surface area contributed by atoms with E-state index in [0.29, 0.717) is 6.54 Å². The average molecular weight is 225 g/mol. The van der Waals surface area contributed by atoms with E-state index >= 15 is 0 Å². The molecule has 0 fully saturated rings. The molecule has 0 aliphatic rings. The van der Waals surface area contributed by atoms with Gasteiger partial charge in [-0.05, 0) is 30.5 Å². The van der Waals surface area contributed by atoms with Crippen molar-refractivity contribution >= 4 is 5.91 Å². The van der Waals surface area contributed by atoms with Crippen LogP contribution >= 0.6 is 0 Å². The first-order chi connectivity index (χ1) is 7.63. The molecule has 0 radical (unpaired) electrons. The number of hydrogen-bond donors (Lipinski definition) is 1. The fraction of sp³-hybridized carbons (Fsp3) is 0.417. The van der Waals surface area contributed by atoms with Crippen molar-refractivity contribution in [1.82, 2.24) is 5.32 Å². The minimum absolute atomic E-state index is 0.0308. The minimum Gasteiger partial charge on any atom is -0.494 e. The molecular formula is C12H16FNO2. The maximum Gasteiger partial charge on any atom is 0.216 e. The first-order valence-electron chi connectivity index (χ1n) is 5.20. The minimum atomic E-state index is -0.354. The normalized spacial score (nSPS) is 9.94. The van der Waals surface area contributed by atoms with Crippen molar-refractivity contribution in [3.05, 3.63) is 29.6 Å². The van der Waals surface area contributed by atoms with E-state index in [-0.39, 0.29) is 17.5 Å². The Hall–Kier alpha value is -1.58. The summed E-state index contributed by atoms with van der Waals surface area (Å²) >= 11 is 0.